The fourth-order valence-corrected chi connectivity index (χ4v) is 3.97. The minimum Gasteiger partial charge on any atom is -0.349 e. The molecule has 0 fully saturated rings. The van der Waals surface area contributed by atoms with Gasteiger partial charge < -0.3 is 10.3 Å². The number of fused-ring (bicyclic) bond motifs is 3. The summed E-state index contributed by atoms with van der Waals surface area (Å²) in [5.41, 5.74) is 2.66. The van der Waals surface area contributed by atoms with Gasteiger partial charge in [0, 0.05) is 34.1 Å². The summed E-state index contributed by atoms with van der Waals surface area (Å²) < 4.78 is 0. The van der Waals surface area contributed by atoms with E-state index in [1.54, 1.807) is 0 Å². The second-order valence-corrected chi connectivity index (χ2v) is 5.99. The maximum absolute atomic E-state index is 6.11. The molecule has 1 aromatic heterocycles. The summed E-state index contributed by atoms with van der Waals surface area (Å²) in [7, 11) is 2.02. The van der Waals surface area contributed by atoms with E-state index < -0.39 is 0 Å². The van der Waals surface area contributed by atoms with E-state index in [0.717, 1.165) is 11.6 Å². The van der Waals surface area contributed by atoms with Gasteiger partial charge >= 0.3 is 0 Å². The van der Waals surface area contributed by atoms with Crippen LogP contribution in [0, 0.1) is 0 Å². The Balaban J connectivity index is 2.18. The first-order valence-corrected chi connectivity index (χ1v) is 7.24. The third-order valence-corrected chi connectivity index (χ3v) is 4.62. The largest absolute Gasteiger partial charge is 0.349 e. The van der Waals surface area contributed by atoms with Crippen molar-refractivity contribution in [3.63, 3.8) is 0 Å². The van der Waals surface area contributed by atoms with Crippen LogP contribution in [0.5, 0.6) is 0 Å². The highest BCUT2D eigenvalue weighted by Gasteiger charge is 2.24. The molecule has 1 aliphatic heterocycles. The van der Waals surface area contributed by atoms with E-state index in [1.165, 1.54) is 33.7 Å². The van der Waals surface area contributed by atoms with Gasteiger partial charge in [-0.3, -0.25) is 0 Å². The van der Waals surface area contributed by atoms with Crippen molar-refractivity contribution in [2.24, 2.45) is 0 Å². The molecule has 0 aliphatic carbocycles. The predicted molar refractivity (Wildman–Crippen MR) is 75.3 cm³/mol. The molecule has 1 unspecified atom stereocenters. The Kier molecular flexibility index (Phi) is 3.07. The Labute approximate surface area is 110 Å². The van der Waals surface area contributed by atoms with Crippen molar-refractivity contribution >= 4 is 34.3 Å². The Morgan fingerprint density at radius 2 is 2.41 bits per heavy atom. The molecule has 4 heteroatoms. The number of H-pyrrole nitrogens is 1. The monoisotopic (exact) mass is 266 g/mol. The molecule has 0 bridgehead atoms. The molecule has 0 saturated carbocycles. The van der Waals surface area contributed by atoms with Gasteiger partial charge in [-0.05, 0) is 37.2 Å². The van der Waals surface area contributed by atoms with Gasteiger partial charge in [-0.25, -0.2) is 0 Å². The molecule has 2 N–H and O–H groups in total. The van der Waals surface area contributed by atoms with Gasteiger partial charge in [0.1, 0.15) is 0 Å². The van der Waals surface area contributed by atoms with Crippen LogP contribution < -0.4 is 5.32 Å². The molecule has 17 heavy (non-hydrogen) atoms. The number of benzene rings is 1. The van der Waals surface area contributed by atoms with Crippen molar-refractivity contribution in [1.82, 2.24) is 10.3 Å². The average Bonchev–Trinajstić information content (AvgIpc) is 2.68. The van der Waals surface area contributed by atoms with Crippen LogP contribution >= 0.6 is 23.4 Å². The first-order chi connectivity index (χ1) is 8.29. The zero-order valence-corrected chi connectivity index (χ0v) is 11.3. The summed E-state index contributed by atoms with van der Waals surface area (Å²) in [6.45, 7) is 1.03. The molecule has 1 atom stereocenters. The zero-order valence-electron chi connectivity index (χ0n) is 9.72. The molecule has 0 radical (unpaired) electrons. The smallest absolute Gasteiger partial charge is 0.0768 e. The molecule has 3 rings (SSSR count). The second kappa shape index (κ2) is 4.56. The number of thioether (sulfide) groups is 1. The van der Waals surface area contributed by atoms with Gasteiger partial charge in [-0.1, -0.05) is 11.6 Å². The van der Waals surface area contributed by atoms with Crippen LogP contribution in [0.15, 0.2) is 23.2 Å². The van der Waals surface area contributed by atoms with E-state index in [9.17, 15) is 0 Å². The molecular weight excluding hydrogens is 252 g/mol. The van der Waals surface area contributed by atoms with Crippen LogP contribution in [0.2, 0.25) is 5.02 Å². The first-order valence-electron chi connectivity index (χ1n) is 5.88. The number of likely N-dealkylation sites (N-methyl/N-ethyl adjacent to an activating group) is 1. The van der Waals surface area contributed by atoms with Crippen molar-refractivity contribution in [3.05, 3.63) is 28.8 Å². The van der Waals surface area contributed by atoms with E-state index in [-0.39, 0.29) is 0 Å². The van der Waals surface area contributed by atoms with E-state index in [2.05, 4.69) is 22.4 Å². The van der Waals surface area contributed by atoms with Crippen LogP contribution in [0.25, 0.3) is 10.9 Å². The van der Waals surface area contributed by atoms with Crippen molar-refractivity contribution in [3.8, 4) is 0 Å². The van der Waals surface area contributed by atoms with Gasteiger partial charge in [0.25, 0.3) is 0 Å². The molecule has 2 nitrogen and oxygen atoms in total. The van der Waals surface area contributed by atoms with Crippen LogP contribution in [0.1, 0.15) is 17.9 Å². The second-order valence-electron chi connectivity index (χ2n) is 4.45. The Bertz CT molecular complexity index is 550. The Morgan fingerprint density at radius 1 is 1.53 bits per heavy atom. The maximum atomic E-state index is 6.11. The summed E-state index contributed by atoms with van der Waals surface area (Å²) in [6, 6.07) is 6.11. The van der Waals surface area contributed by atoms with Gasteiger partial charge in [-0.15, -0.1) is 11.8 Å². The number of halogens is 1. The predicted octanol–water partition coefficient (Wildman–Crippen LogP) is 3.62. The standard InChI is InChI=1S/C13H15ClN2S/c1-15-7-8-4-5-17-13-12(8)10-6-9(14)2-3-11(10)16-13/h2-3,6,8,15-16H,4-5,7H2,1H3. The quantitative estimate of drug-likeness (QED) is 0.869. The molecule has 0 saturated heterocycles. The van der Waals surface area contributed by atoms with Crippen LogP contribution in [-0.4, -0.2) is 24.3 Å². The normalized spacial score (nSPS) is 19.5. The fraction of sp³-hybridized carbons (Fsp3) is 0.385. The third-order valence-electron chi connectivity index (χ3n) is 3.34. The lowest BCUT2D eigenvalue weighted by molar-refractivity contribution is 0.602. The molecule has 0 amide bonds. The van der Waals surface area contributed by atoms with Gasteiger partial charge in [0.2, 0.25) is 0 Å². The molecule has 0 spiro atoms. The van der Waals surface area contributed by atoms with Crippen LogP contribution in [-0.2, 0) is 0 Å². The highest BCUT2D eigenvalue weighted by Crippen LogP contribution is 2.42. The number of aromatic amines is 1. The number of aromatic nitrogens is 1. The number of rotatable bonds is 2. The molecule has 1 aromatic carbocycles. The lowest BCUT2D eigenvalue weighted by Gasteiger charge is -2.22. The third kappa shape index (κ3) is 1.96. The maximum Gasteiger partial charge on any atom is 0.0768 e. The highest BCUT2D eigenvalue weighted by atomic mass is 35.5. The molecule has 90 valence electrons. The van der Waals surface area contributed by atoms with E-state index in [4.69, 9.17) is 11.6 Å². The van der Waals surface area contributed by atoms with Gasteiger partial charge in [-0.2, -0.15) is 0 Å². The summed E-state index contributed by atoms with van der Waals surface area (Å²) in [5, 5.41) is 6.73. The number of nitrogens with one attached hydrogen (secondary N) is 2. The molecule has 2 heterocycles. The fourth-order valence-electron chi connectivity index (χ4n) is 2.58. The molecule has 2 aromatic rings. The lowest BCUT2D eigenvalue weighted by atomic mass is 9.95. The summed E-state index contributed by atoms with van der Waals surface area (Å²) in [4.78, 5) is 3.51. The van der Waals surface area contributed by atoms with E-state index >= 15 is 0 Å². The van der Waals surface area contributed by atoms with Crippen molar-refractivity contribution < 1.29 is 0 Å². The Hall–Kier alpha value is -0.640. The van der Waals surface area contributed by atoms with Crippen LogP contribution in [0.4, 0.5) is 0 Å². The van der Waals surface area contributed by atoms with Crippen LogP contribution in [0.3, 0.4) is 0 Å². The summed E-state index contributed by atoms with van der Waals surface area (Å²) in [6.07, 6.45) is 1.23. The minimum atomic E-state index is 0.600. The average molecular weight is 267 g/mol. The lowest BCUT2D eigenvalue weighted by Crippen LogP contribution is -2.20. The van der Waals surface area contributed by atoms with Crippen molar-refractivity contribution in [2.75, 3.05) is 19.3 Å². The number of hydrogen-bond donors (Lipinski definition) is 2. The highest BCUT2D eigenvalue weighted by molar-refractivity contribution is 7.99. The van der Waals surface area contributed by atoms with Crippen molar-refractivity contribution in [2.45, 2.75) is 17.4 Å². The SMILES string of the molecule is CNCC1CCSc2[nH]c3ccc(Cl)cc3c21. The Morgan fingerprint density at radius 3 is 3.24 bits per heavy atom. The zero-order chi connectivity index (χ0) is 11.8. The minimum absolute atomic E-state index is 0.600. The van der Waals surface area contributed by atoms with Crippen molar-refractivity contribution in [1.29, 1.82) is 0 Å². The summed E-state index contributed by atoms with van der Waals surface area (Å²) in [5.74, 6) is 1.79. The van der Waals surface area contributed by atoms with E-state index in [1.807, 2.05) is 24.9 Å². The first kappa shape index (κ1) is 11.5. The summed E-state index contributed by atoms with van der Waals surface area (Å²) >= 11 is 8.03. The van der Waals surface area contributed by atoms with Gasteiger partial charge in [0.15, 0.2) is 0 Å². The van der Waals surface area contributed by atoms with Gasteiger partial charge in [0.05, 0.1) is 5.03 Å². The number of hydrogen-bond acceptors (Lipinski definition) is 2. The molecule has 1 aliphatic rings. The van der Waals surface area contributed by atoms with E-state index in [0.29, 0.717) is 5.92 Å². The molecular formula is C13H15ClN2S. The topological polar surface area (TPSA) is 27.8 Å².